The lowest BCUT2D eigenvalue weighted by molar-refractivity contribution is 0.343. The maximum absolute atomic E-state index is 14.5. The number of nitrogens with zero attached hydrogens (tertiary/aromatic N) is 1. The van der Waals surface area contributed by atoms with Gasteiger partial charge in [0.15, 0.2) is 0 Å². The second-order valence-corrected chi connectivity index (χ2v) is 8.15. The van der Waals surface area contributed by atoms with Gasteiger partial charge in [0.1, 0.15) is 16.9 Å². The Morgan fingerprint density at radius 1 is 1.16 bits per heavy atom. The zero-order valence-corrected chi connectivity index (χ0v) is 14.4. The third kappa shape index (κ3) is 2.66. The summed E-state index contributed by atoms with van der Waals surface area (Å²) in [7, 11) is -2.78. The molecule has 0 aromatic heterocycles. The Labute approximate surface area is 144 Å². The molecular formula is C17H17F2N3O2S. The van der Waals surface area contributed by atoms with Crippen molar-refractivity contribution < 1.29 is 17.2 Å². The van der Waals surface area contributed by atoms with Gasteiger partial charge >= 0.3 is 0 Å². The number of hydrogen-bond acceptors (Lipinski definition) is 3. The highest BCUT2D eigenvalue weighted by Crippen LogP contribution is 2.45. The van der Waals surface area contributed by atoms with Crippen molar-refractivity contribution >= 4 is 16.0 Å². The van der Waals surface area contributed by atoms with Crippen LogP contribution >= 0.6 is 0 Å². The second-order valence-electron chi connectivity index (χ2n) is 6.10. The zero-order chi connectivity index (χ0) is 18.4. The maximum Gasteiger partial charge on any atom is 0.246 e. The average molecular weight is 365 g/mol. The van der Waals surface area contributed by atoms with Gasteiger partial charge in [-0.3, -0.25) is 5.41 Å². The van der Waals surface area contributed by atoms with Gasteiger partial charge in [-0.15, -0.1) is 0 Å². The molecule has 0 aliphatic carbocycles. The van der Waals surface area contributed by atoms with Crippen molar-refractivity contribution in [3.05, 3.63) is 71.3 Å². The Kier molecular flexibility index (Phi) is 4.03. The third-order valence-electron chi connectivity index (χ3n) is 4.49. The number of halogens is 2. The van der Waals surface area contributed by atoms with E-state index in [0.717, 1.165) is 22.5 Å². The molecule has 132 valence electrons. The van der Waals surface area contributed by atoms with E-state index < -0.39 is 38.4 Å². The van der Waals surface area contributed by atoms with Crippen LogP contribution in [0.5, 0.6) is 0 Å². The van der Waals surface area contributed by atoms with Crippen LogP contribution in [0.1, 0.15) is 23.3 Å². The van der Waals surface area contributed by atoms with E-state index in [9.17, 15) is 17.2 Å². The van der Waals surface area contributed by atoms with Gasteiger partial charge in [0.05, 0.1) is 5.54 Å². The first-order chi connectivity index (χ1) is 11.7. The topological polar surface area (TPSA) is 73.3 Å². The van der Waals surface area contributed by atoms with Gasteiger partial charge in [0.25, 0.3) is 0 Å². The van der Waals surface area contributed by atoms with Crippen molar-refractivity contribution in [3.8, 4) is 0 Å². The standard InChI is InChI=1S/C17H17F2N3O2S/c1-17(13-10-12(18)8-9-14(13)19)15(11-6-4-3-5-7-11)25(23,24)22(2)16(20)21-17/h3-10,15H,1-2H3,(H2,20,21)/t15-,17-/m1/s1. The van der Waals surface area contributed by atoms with Crippen LogP contribution in [0.25, 0.3) is 0 Å². The molecule has 2 N–H and O–H groups in total. The van der Waals surface area contributed by atoms with Crippen LogP contribution in [-0.4, -0.2) is 25.7 Å². The summed E-state index contributed by atoms with van der Waals surface area (Å²) in [6, 6.07) is 11.2. The Hall–Kier alpha value is -2.48. The van der Waals surface area contributed by atoms with E-state index in [1.807, 2.05) is 0 Å². The van der Waals surface area contributed by atoms with Gasteiger partial charge < -0.3 is 5.32 Å². The molecule has 0 bridgehead atoms. The molecular weight excluding hydrogens is 348 g/mol. The van der Waals surface area contributed by atoms with Gasteiger partial charge in [0.2, 0.25) is 16.0 Å². The zero-order valence-electron chi connectivity index (χ0n) is 13.6. The fourth-order valence-electron chi connectivity index (χ4n) is 3.21. The molecule has 8 heteroatoms. The average Bonchev–Trinajstić information content (AvgIpc) is 2.56. The molecule has 1 saturated heterocycles. The highest BCUT2D eigenvalue weighted by atomic mass is 32.2. The van der Waals surface area contributed by atoms with E-state index in [2.05, 4.69) is 5.32 Å². The number of hydrogen-bond donors (Lipinski definition) is 2. The molecule has 5 nitrogen and oxygen atoms in total. The molecule has 1 heterocycles. The minimum absolute atomic E-state index is 0.150. The van der Waals surface area contributed by atoms with Gasteiger partial charge in [-0.25, -0.2) is 21.5 Å². The van der Waals surface area contributed by atoms with E-state index >= 15 is 0 Å². The first-order valence-electron chi connectivity index (χ1n) is 7.53. The Bertz CT molecular complexity index is 934. The smallest absolute Gasteiger partial charge is 0.246 e. The van der Waals surface area contributed by atoms with Crippen molar-refractivity contribution in [2.75, 3.05) is 7.05 Å². The summed E-state index contributed by atoms with van der Waals surface area (Å²) in [5.74, 6) is -1.84. The van der Waals surface area contributed by atoms with Gasteiger partial charge in [-0.05, 0) is 30.7 Å². The quantitative estimate of drug-likeness (QED) is 0.859. The summed E-state index contributed by atoms with van der Waals surface area (Å²) in [5, 5.41) is 9.47. The molecule has 1 aliphatic rings. The van der Waals surface area contributed by atoms with Crippen LogP contribution in [0, 0.1) is 17.0 Å². The summed E-state index contributed by atoms with van der Waals surface area (Å²) in [6.45, 7) is 1.46. The molecule has 0 unspecified atom stereocenters. The molecule has 0 radical (unpaired) electrons. The molecule has 0 saturated carbocycles. The van der Waals surface area contributed by atoms with E-state index in [1.54, 1.807) is 30.3 Å². The molecule has 0 spiro atoms. The number of rotatable bonds is 2. The van der Waals surface area contributed by atoms with Crippen LogP contribution in [0.2, 0.25) is 0 Å². The fourth-order valence-corrected chi connectivity index (χ4v) is 5.11. The summed E-state index contributed by atoms with van der Waals surface area (Å²) in [4.78, 5) is 0. The Balaban J connectivity index is 2.31. The molecule has 2 aromatic carbocycles. The molecule has 2 atom stereocenters. The van der Waals surface area contributed by atoms with E-state index in [0.29, 0.717) is 5.56 Å². The summed E-state index contributed by atoms with van der Waals surface area (Å²) in [6.07, 6.45) is 0. The minimum atomic E-state index is -4.03. The number of guanidine groups is 1. The number of nitrogens with one attached hydrogen (secondary N) is 2. The monoisotopic (exact) mass is 365 g/mol. The third-order valence-corrected chi connectivity index (χ3v) is 6.77. The lowest BCUT2D eigenvalue weighted by Gasteiger charge is -2.46. The predicted octanol–water partition coefficient (Wildman–Crippen LogP) is 2.72. The first kappa shape index (κ1) is 17.3. The van der Waals surface area contributed by atoms with Gasteiger partial charge in [0, 0.05) is 12.6 Å². The van der Waals surface area contributed by atoms with Crippen molar-refractivity contribution in [2.24, 2.45) is 0 Å². The van der Waals surface area contributed by atoms with Gasteiger partial charge in [-0.1, -0.05) is 30.3 Å². The first-order valence-corrected chi connectivity index (χ1v) is 9.03. The maximum atomic E-state index is 14.5. The highest BCUT2D eigenvalue weighted by molar-refractivity contribution is 7.90. The van der Waals surface area contributed by atoms with E-state index in [4.69, 9.17) is 5.41 Å². The number of sulfonamides is 1. The number of benzene rings is 2. The summed E-state index contributed by atoms with van der Waals surface area (Å²) in [5.41, 5.74) is -1.29. The molecule has 25 heavy (non-hydrogen) atoms. The minimum Gasteiger partial charge on any atom is -0.345 e. The summed E-state index contributed by atoms with van der Waals surface area (Å²) >= 11 is 0. The normalized spacial score (nSPS) is 25.5. The van der Waals surface area contributed by atoms with Crippen LogP contribution in [-0.2, 0) is 15.6 Å². The largest absolute Gasteiger partial charge is 0.345 e. The van der Waals surface area contributed by atoms with Crippen molar-refractivity contribution in [1.82, 2.24) is 9.62 Å². The van der Waals surface area contributed by atoms with Crippen LogP contribution in [0.4, 0.5) is 8.78 Å². The Morgan fingerprint density at radius 3 is 2.44 bits per heavy atom. The van der Waals surface area contributed by atoms with Crippen molar-refractivity contribution in [1.29, 1.82) is 5.41 Å². The van der Waals surface area contributed by atoms with Gasteiger partial charge in [-0.2, -0.15) is 0 Å². The van der Waals surface area contributed by atoms with Crippen LogP contribution < -0.4 is 5.32 Å². The van der Waals surface area contributed by atoms with Crippen molar-refractivity contribution in [2.45, 2.75) is 17.7 Å². The predicted molar refractivity (Wildman–Crippen MR) is 90.4 cm³/mol. The molecule has 1 fully saturated rings. The van der Waals surface area contributed by atoms with E-state index in [1.165, 1.54) is 14.0 Å². The SMILES string of the molecule is CN1C(=N)N[C@](C)(c2cc(F)ccc2F)[C@@H](c2ccccc2)S1(=O)=O. The highest BCUT2D eigenvalue weighted by Gasteiger charge is 2.53. The molecule has 0 amide bonds. The molecule has 2 aromatic rings. The van der Waals surface area contributed by atoms with E-state index in [-0.39, 0.29) is 5.56 Å². The summed E-state index contributed by atoms with van der Waals surface area (Å²) < 4.78 is 55.1. The molecule has 3 rings (SSSR count). The lowest BCUT2D eigenvalue weighted by Crippen LogP contribution is -2.62. The van der Waals surface area contributed by atoms with Crippen LogP contribution in [0.3, 0.4) is 0 Å². The van der Waals surface area contributed by atoms with Crippen molar-refractivity contribution in [3.63, 3.8) is 0 Å². The molecule has 1 aliphatic heterocycles. The second kappa shape index (κ2) is 5.80. The Morgan fingerprint density at radius 2 is 1.80 bits per heavy atom. The van der Waals surface area contributed by atoms with Crippen LogP contribution in [0.15, 0.2) is 48.5 Å². The lowest BCUT2D eigenvalue weighted by atomic mass is 9.84. The fraction of sp³-hybridized carbons (Fsp3) is 0.235.